The van der Waals surface area contributed by atoms with Gasteiger partial charge in [0.2, 0.25) is 5.78 Å². The maximum atomic E-state index is 12.3. The van der Waals surface area contributed by atoms with Gasteiger partial charge < -0.3 is 14.9 Å². The molecule has 3 aromatic rings. The molecule has 4 heteroatoms. The Kier molecular flexibility index (Phi) is 4.38. The molecule has 0 fully saturated rings. The number of carbonyl (C=O) groups is 1. The minimum atomic E-state index is -0.338. The van der Waals surface area contributed by atoms with Crippen molar-refractivity contribution in [2.75, 3.05) is 6.61 Å². The first-order chi connectivity index (χ1) is 11.6. The molecule has 0 unspecified atom stereocenters. The average molecular weight is 322 g/mol. The summed E-state index contributed by atoms with van der Waals surface area (Å²) in [5, 5.41) is 21.7. The predicted molar refractivity (Wildman–Crippen MR) is 92.9 cm³/mol. The molecule has 24 heavy (non-hydrogen) atoms. The lowest BCUT2D eigenvalue weighted by atomic mass is 10.0. The number of fused-ring (bicyclic) bond motifs is 1. The second-order valence-corrected chi connectivity index (χ2v) is 5.57. The number of phenols is 2. The van der Waals surface area contributed by atoms with Crippen molar-refractivity contribution in [2.45, 2.75) is 13.3 Å². The van der Waals surface area contributed by atoms with Crippen molar-refractivity contribution >= 4 is 16.6 Å². The summed E-state index contributed by atoms with van der Waals surface area (Å²) < 4.78 is 5.57. The number of aryl methyl sites for hydroxylation is 1. The van der Waals surface area contributed by atoms with E-state index < -0.39 is 0 Å². The summed E-state index contributed by atoms with van der Waals surface area (Å²) in [6.45, 7) is 1.69. The third-order valence-corrected chi connectivity index (χ3v) is 3.97. The number of benzene rings is 3. The van der Waals surface area contributed by atoms with Crippen LogP contribution < -0.4 is 4.74 Å². The SMILES string of the molecule is CCc1cc(C(=O)COc2ccc3ccccc3c2)c(O)cc1O. The van der Waals surface area contributed by atoms with E-state index in [2.05, 4.69) is 0 Å². The fraction of sp³-hybridized carbons (Fsp3) is 0.150. The molecule has 0 saturated carbocycles. The van der Waals surface area contributed by atoms with Crippen LogP contribution in [0.25, 0.3) is 10.8 Å². The minimum Gasteiger partial charge on any atom is -0.508 e. The maximum Gasteiger partial charge on any atom is 0.203 e. The van der Waals surface area contributed by atoms with Crippen LogP contribution in [0.1, 0.15) is 22.8 Å². The Morgan fingerprint density at radius 2 is 1.71 bits per heavy atom. The lowest BCUT2D eigenvalue weighted by Crippen LogP contribution is -2.12. The lowest BCUT2D eigenvalue weighted by molar-refractivity contribution is 0.0919. The molecule has 2 N–H and O–H groups in total. The van der Waals surface area contributed by atoms with Gasteiger partial charge in [0.05, 0.1) is 5.56 Å². The van der Waals surface area contributed by atoms with Gasteiger partial charge in [0.1, 0.15) is 17.2 Å². The number of aromatic hydroxyl groups is 2. The first-order valence-corrected chi connectivity index (χ1v) is 7.78. The van der Waals surface area contributed by atoms with Gasteiger partial charge in [-0.1, -0.05) is 37.3 Å². The van der Waals surface area contributed by atoms with Crippen LogP contribution in [0, 0.1) is 0 Å². The maximum absolute atomic E-state index is 12.3. The van der Waals surface area contributed by atoms with Crippen LogP contribution in [-0.4, -0.2) is 22.6 Å². The highest BCUT2D eigenvalue weighted by molar-refractivity contribution is 6.00. The zero-order chi connectivity index (χ0) is 17.1. The van der Waals surface area contributed by atoms with E-state index in [-0.39, 0.29) is 29.5 Å². The van der Waals surface area contributed by atoms with Crippen molar-refractivity contribution in [2.24, 2.45) is 0 Å². The number of carbonyl (C=O) groups excluding carboxylic acids is 1. The molecule has 0 aliphatic carbocycles. The molecule has 0 bridgehead atoms. The van der Waals surface area contributed by atoms with Gasteiger partial charge in [-0.15, -0.1) is 0 Å². The van der Waals surface area contributed by atoms with Gasteiger partial charge in [-0.05, 0) is 41.0 Å². The topological polar surface area (TPSA) is 66.8 Å². The van der Waals surface area contributed by atoms with Crippen LogP contribution in [0.4, 0.5) is 0 Å². The van der Waals surface area contributed by atoms with E-state index in [1.165, 1.54) is 12.1 Å². The van der Waals surface area contributed by atoms with Crippen LogP contribution in [-0.2, 0) is 6.42 Å². The monoisotopic (exact) mass is 322 g/mol. The van der Waals surface area contributed by atoms with Gasteiger partial charge in [0, 0.05) is 6.07 Å². The largest absolute Gasteiger partial charge is 0.508 e. The van der Waals surface area contributed by atoms with Crippen molar-refractivity contribution in [1.29, 1.82) is 0 Å². The summed E-state index contributed by atoms with van der Waals surface area (Å²) in [5.74, 6) is 0.00482. The fourth-order valence-electron chi connectivity index (χ4n) is 2.61. The molecular formula is C20H18O4. The number of ether oxygens (including phenoxy) is 1. The lowest BCUT2D eigenvalue weighted by Gasteiger charge is -2.10. The first kappa shape index (κ1) is 15.9. The molecule has 0 atom stereocenters. The Morgan fingerprint density at radius 1 is 0.958 bits per heavy atom. The third-order valence-electron chi connectivity index (χ3n) is 3.97. The Balaban J connectivity index is 1.77. The number of ketones is 1. The molecule has 0 spiro atoms. The third kappa shape index (κ3) is 3.18. The van der Waals surface area contributed by atoms with Crippen molar-refractivity contribution in [3.05, 3.63) is 65.7 Å². The van der Waals surface area contributed by atoms with E-state index in [1.54, 1.807) is 0 Å². The Hall–Kier alpha value is -3.01. The van der Waals surface area contributed by atoms with Crippen LogP contribution in [0.2, 0.25) is 0 Å². The first-order valence-electron chi connectivity index (χ1n) is 7.78. The zero-order valence-electron chi connectivity index (χ0n) is 13.3. The Bertz CT molecular complexity index is 899. The van der Waals surface area contributed by atoms with Crippen molar-refractivity contribution in [3.63, 3.8) is 0 Å². The summed E-state index contributed by atoms with van der Waals surface area (Å²) in [6, 6.07) is 16.2. The van der Waals surface area contributed by atoms with E-state index in [4.69, 9.17) is 4.74 Å². The second kappa shape index (κ2) is 6.62. The Labute approximate surface area is 139 Å². The standard InChI is InChI=1S/C20H18O4/c1-2-13-10-17(19(22)11-18(13)21)20(23)12-24-16-8-7-14-5-3-4-6-15(14)9-16/h3-11,21-22H,2,12H2,1H3. The van der Waals surface area contributed by atoms with E-state index in [0.717, 1.165) is 10.8 Å². The van der Waals surface area contributed by atoms with E-state index >= 15 is 0 Å². The summed E-state index contributed by atoms with van der Waals surface area (Å²) in [5.41, 5.74) is 0.771. The molecule has 0 aliphatic heterocycles. The van der Waals surface area contributed by atoms with Gasteiger partial charge in [-0.2, -0.15) is 0 Å². The van der Waals surface area contributed by atoms with Crippen LogP contribution in [0.5, 0.6) is 17.2 Å². The molecular weight excluding hydrogens is 304 g/mol. The fourth-order valence-corrected chi connectivity index (χ4v) is 2.61. The normalized spacial score (nSPS) is 10.7. The van der Waals surface area contributed by atoms with Gasteiger partial charge in [-0.3, -0.25) is 4.79 Å². The van der Waals surface area contributed by atoms with Crippen LogP contribution in [0.3, 0.4) is 0 Å². The van der Waals surface area contributed by atoms with Crippen LogP contribution in [0.15, 0.2) is 54.6 Å². The van der Waals surface area contributed by atoms with E-state index in [1.807, 2.05) is 49.4 Å². The van der Waals surface area contributed by atoms with E-state index in [9.17, 15) is 15.0 Å². The molecule has 4 nitrogen and oxygen atoms in total. The molecule has 0 aliphatic rings. The van der Waals surface area contributed by atoms with E-state index in [0.29, 0.717) is 17.7 Å². The summed E-state index contributed by atoms with van der Waals surface area (Å²) in [4.78, 5) is 12.3. The molecule has 3 rings (SSSR count). The predicted octanol–water partition coefficient (Wildman–Crippen LogP) is 4.08. The number of rotatable bonds is 5. The number of Topliss-reactive ketones (excluding diaryl/α,β-unsaturated/α-hetero) is 1. The second-order valence-electron chi connectivity index (χ2n) is 5.57. The highest BCUT2D eigenvalue weighted by Crippen LogP contribution is 2.28. The van der Waals surface area contributed by atoms with Gasteiger partial charge in [-0.25, -0.2) is 0 Å². The molecule has 122 valence electrons. The summed E-state index contributed by atoms with van der Waals surface area (Å²) >= 11 is 0. The highest BCUT2D eigenvalue weighted by atomic mass is 16.5. The molecule has 0 amide bonds. The zero-order valence-corrected chi connectivity index (χ0v) is 13.3. The molecule has 0 radical (unpaired) electrons. The highest BCUT2D eigenvalue weighted by Gasteiger charge is 2.15. The summed E-state index contributed by atoms with van der Waals surface area (Å²) in [6.07, 6.45) is 0.567. The number of phenolic OH excluding ortho intramolecular Hbond substituents is 2. The smallest absolute Gasteiger partial charge is 0.203 e. The molecule has 0 aromatic heterocycles. The number of hydrogen-bond acceptors (Lipinski definition) is 4. The van der Waals surface area contributed by atoms with Crippen molar-refractivity contribution in [3.8, 4) is 17.2 Å². The molecule has 0 saturated heterocycles. The quantitative estimate of drug-likeness (QED) is 0.695. The molecule has 3 aromatic carbocycles. The van der Waals surface area contributed by atoms with Crippen molar-refractivity contribution < 1.29 is 19.7 Å². The van der Waals surface area contributed by atoms with Gasteiger partial charge in [0.15, 0.2) is 6.61 Å². The molecule has 0 heterocycles. The van der Waals surface area contributed by atoms with Crippen LogP contribution >= 0.6 is 0 Å². The van der Waals surface area contributed by atoms with Gasteiger partial charge in [0.25, 0.3) is 0 Å². The minimum absolute atomic E-state index is 0.0120. The summed E-state index contributed by atoms with van der Waals surface area (Å²) in [7, 11) is 0. The van der Waals surface area contributed by atoms with Gasteiger partial charge >= 0.3 is 0 Å². The average Bonchev–Trinajstić information content (AvgIpc) is 2.59. The number of hydrogen-bond donors (Lipinski definition) is 2. The van der Waals surface area contributed by atoms with Crippen molar-refractivity contribution in [1.82, 2.24) is 0 Å². The Morgan fingerprint density at radius 3 is 2.46 bits per heavy atom.